The molecule has 11 heteroatoms. The molecule has 0 bridgehead atoms. The fraction of sp³-hybridized carbons (Fsp3) is 0.500. The molecule has 1 aliphatic rings. The summed E-state index contributed by atoms with van der Waals surface area (Å²) in [5.41, 5.74) is 1.26. The van der Waals surface area contributed by atoms with Gasteiger partial charge in [-0.1, -0.05) is 38.0 Å². The SMILES string of the molecule is CCCCN(CCCC)S(=O)(=O)c1ccc(C(=O)NCCN2CCN(c3nc4ccc(F)cc4s3)CC2)cc1. The molecule has 212 valence electrons. The molecule has 1 aliphatic heterocycles. The second-order valence-electron chi connectivity index (χ2n) is 9.83. The lowest BCUT2D eigenvalue weighted by molar-refractivity contribution is 0.0947. The number of benzene rings is 2. The van der Waals surface area contributed by atoms with Crippen molar-refractivity contribution < 1.29 is 17.6 Å². The molecule has 39 heavy (non-hydrogen) atoms. The summed E-state index contributed by atoms with van der Waals surface area (Å²) in [4.78, 5) is 22.1. The molecule has 3 aromatic rings. The molecule has 0 atom stereocenters. The Balaban J connectivity index is 1.24. The predicted octanol–water partition coefficient (Wildman–Crippen LogP) is 4.58. The summed E-state index contributed by atoms with van der Waals surface area (Å²) in [6, 6.07) is 10.9. The fourth-order valence-corrected chi connectivity index (χ4v) is 7.12. The van der Waals surface area contributed by atoms with Gasteiger partial charge in [0.15, 0.2) is 5.13 Å². The van der Waals surface area contributed by atoms with E-state index in [1.54, 1.807) is 22.5 Å². The number of carbonyl (C=O) groups is 1. The lowest BCUT2D eigenvalue weighted by Crippen LogP contribution is -2.48. The van der Waals surface area contributed by atoms with Gasteiger partial charge in [0.1, 0.15) is 5.82 Å². The summed E-state index contributed by atoms with van der Waals surface area (Å²) in [7, 11) is -3.58. The van der Waals surface area contributed by atoms with Crippen LogP contribution in [0.25, 0.3) is 10.2 Å². The highest BCUT2D eigenvalue weighted by molar-refractivity contribution is 7.89. The van der Waals surface area contributed by atoms with E-state index in [1.165, 1.54) is 35.6 Å². The highest BCUT2D eigenvalue weighted by atomic mass is 32.2. The Morgan fingerprint density at radius 2 is 1.69 bits per heavy atom. The van der Waals surface area contributed by atoms with Crippen LogP contribution in [-0.2, 0) is 10.0 Å². The molecule has 8 nitrogen and oxygen atoms in total. The Bertz CT molecular complexity index is 1330. The molecule has 0 unspecified atom stereocenters. The average Bonchev–Trinajstić information content (AvgIpc) is 3.36. The number of unbranched alkanes of at least 4 members (excludes halogenated alkanes) is 2. The molecule has 1 aromatic heterocycles. The van der Waals surface area contributed by atoms with Crippen molar-refractivity contribution in [1.82, 2.24) is 19.5 Å². The lowest BCUT2D eigenvalue weighted by Gasteiger charge is -2.34. The number of fused-ring (bicyclic) bond motifs is 1. The number of hydrogen-bond acceptors (Lipinski definition) is 7. The summed E-state index contributed by atoms with van der Waals surface area (Å²) >= 11 is 1.51. The molecule has 1 saturated heterocycles. The second kappa shape index (κ2) is 13.6. The van der Waals surface area contributed by atoms with Gasteiger partial charge in [-0.15, -0.1) is 0 Å². The summed E-state index contributed by atoms with van der Waals surface area (Å²) in [6.45, 7) is 9.67. The van der Waals surface area contributed by atoms with Gasteiger partial charge < -0.3 is 10.2 Å². The van der Waals surface area contributed by atoms with Crippen LogP contribution in [0.15, 0.2) is 47.4 Å². The van der Waals surface area contributed by atoms with E-state index in [1.807, 2.05) is 13.8 Å². The van der Waals surface area contributed by atoms with Crippen LogP contribution in [0, 0.1) is 5.82 Å². The number of aromatic nitrogens is 1. The van der Waals surface area contributed by atoms with Gasteiger partial charge in [-0.3, -0.25) is 9.69 Å². The number of thiazole rings is 1. The van der Waals surface area contributed by atoms with Gasteiger partial charge in [0.25, 0.3) is 5.91 Å². The molecule has 0 saturated carbocycles. The molecule has 2 aromatic carbocycles. The molecule has 1 amide bonds. The third kappa shape index (κ3) is 7.53. The first-order valence-corrected chi connectivity index (χ1v) is 16.0. The van der Waals surface area contributed by atoms with Crippen molar-refractivity contribution in [2.45, 2.75) is 44.4 Å². The molecule has 0 spiro atoms. The van der Waals surface area contributed by atoms with Gasteiger partial charge in [0, 0.05) is 57.9 Å². The van der Waals surface area contributed by atoms with Crippen LogP contribution in [0.1, 0.15) is 49.9 Å². The summed E-state index contributed by atoms with van der Waals surface area (Å²) in [5, 5.41) is 3.86. The normalized spacial score (nSPS) is 14.8. The number of nitrogens with one attached hydrogen (secondary N) is 1. The number of halogens is 1. The quantitative estimate of drug-likeness (QED) is 0.321. The zero-order valence-corrected chi connectivity index (χ0v) is 24.4. The largest absolute Gasteiger partial charge is 0.351 e. The van der Waals surface area contributed by atoms with Crippen molar-refractivity contribution in [1.29, 1.82) is 0 Å². The predicted molar refractivity (Wildman–Crippen MR) is 156 cm³/mol. The maximum atomic E-state index is 13.5. The van der Waals surface area contributed by atoms with Gasteiger partial charge in [0.2, 0.25) is 10.0 Å². The second-order valence-corrected chi connectivity index (χ2v) is 12.8. The van der Waals surface area contributed by atoms with Gasteiger partial charge in [-0.25, -0.2) is 17.8 Å². The first kappa shape index (κ1) is 29.4. The molecule has 0 aliphatic carbocycles. The van der Waals surface area contributed by atoms with Crippen LogP contribution in [0.4, 0.5) is 9.52 Å². The standard InChI is InChI=1S/C28H38FN5O3S2/c1-3-5-14-34(15-6-4-2)39(36,37)24-10-7-22(8-11-24)27(35)30-13-16-32-17-19-33(20-18-32)28-31-25-12-9-23(29)21-26(25)38-28/h7-12,21H,3-6,13-20H2,1-2H3,(H,30,35). The third-order valence-corrected chi connectivity index (χ3v) is 9.96. The highest BCUT2D eigenvalue weighted by Gasteiger charge is 2.24. The number of piperazine rings is 1. The van der Waals surface area contributed by atoms with E-state index in [4.69, 9.17) is 0 Å². The molecule has 2 heterocycles. The zero-order chi connectivity index (χ0) is 27.8. The molecule has 4 rings (SSSR count). The van der Waals surface area contributed by atoms with E-state index in [0.29, 0.717) is 25.2 Å². The summed E-state index contributed by atoms with van der Waals surface area (Å²) < 4.78 is 42.2. The zero-order valence-electron chi connectivity index (χ0n) is 22.7. The van der Waals surface area contributed by atoms with Gasteiger partial charge in [-0.05, 0) is 55.3 Å². The summed E-state index contributed by atoms with van der Waals surface area (Å²) in [5.74, 6) is -0.463. The Kier molecular flexibility index (Phi) is 10.3. The van der Waals surface area contributed by atoms with E-state index in [2.05, 4.69) is 20.1 Å². The number of nitrogens with zero attached hydrogens (tertiary/aromatic N) is 4. The minimum Gasteiger partial charge on any atom is -0.351 e. The lowest BCUT2D eigenvalue weighted by atomic mass is 10.2. The minimum absolute atomic E-state index is 0.215. The Hall–Kier alpha value is -2.60. The van der Waals surface area contributed by atoms with E-state index in [-0.39, 0.29) is 16.6 Å². The maximum Gasteiger partial charge on any atom is 0.251 e. The van der Waals surface area contributed by atoms with Crippen LogP contribution in [-0.4, -0.2) is 80.9 Å². The van der Waals surface area contributed by atoms with Crippen LogP contribution < -0.4 is 10.2 Å². The van der Waals surface area contributed by atoms with E-state index in [9.17, 15) is 17.6 Å². The van der Waals surface area contributed by atoms with Crippen LogP contribution in [0.5, 0.6) is 0 Å². The third-order valence-electron chi connectivity index (χ3n) is 6.97. The number of anilines is 1. The molecule has 1 N–H and O–H groups in total. The Morgan fingerprint density at radius 3 is 2.33 bits per heavy atom. The first-order valence-electron chi connectivity index (χ1n) is 13.7. The van der Waals surface area contributed by atoms with Crippen molar-refractivity contribution in [2.24, 2.45) is 0 Å². The number of rotatable bonds is 13. The molecule has 1 fully saturated rings. The van der Waals surface area contributed by atoms with Crippen LogP contribution in [0.3, 0.4) is 0 Å². The van der Waals surface area contributed by atoms with Crippen molar-refractivity contribution in [3.05, 3.63) is 53.8 Å². The average molecular weight is 576 g/mol. The van der Waals surface area contributed by atoms with Crippen LogP contribution >= 0.6 is 11.3 Å². The summed E-state index contributed by atoms with van der Waals surface area (Å²) in [6.07, 6.45) is 3.50. The minimum atomic E-state index is -3.58. The molecule has 0 radical (unpaired) electrons. The maximum absolute atomic E-state index is 13.5. The van der Waals surface area contributed by atoms with E-state index in [0.717, 1.165) is 73.8 Å². The Labute approximate surface area is 234 Å². The number of sulfonamides is 1. The van der Waals surface area contributed by atoms with Gasteiger partial charge >= 0.3 is 0 Å². The van der Waals surface area contributed by atoms with Crippen LogP contribution in [0.2, 0.25) is 0 Å². The Morgan fingerprint density at radius 1 is 1.03 bits per heavy atom. The monoisotopic (exact) mass is 575 g/mol. The van der Waals surface area contributed by atoms with E-state index >= 15 is 0 Å². The fourth-order valence-electron chi connectivity index (χ4n) is 4.56. The first-order chi connectivity index (χ1) is 18.8. The van der Waals surface area contributed by atoms with Crippen molar-refractivity contribution >= 4 is 42.6 Å². The topological polar surface area (TPSA) is 85.8 Å². The van der Waals surface area contributed by atoms with Gasteiger partial charge in [0.05, 0.1) is 15.1 Å². The van der Waals surface area contributed by atoms with E-state index < -0.39 is 10.0 Å². The molecular formula is C28H38FN5O3S2. The van der Waals surface area contributed by atoms with Crippen molar-refractivity contribution in [2.75, 3.05) is 57.3 Å². The smallest absolute Gasteiger partial charge is 0.251 e. The number of hydrogen-bond donors (Lipinski definition) is 1. The highest BCUT2D eigenvalue weighted by Crippen LogP contribution is 2.29. The van der Waals surface area contributed by atoms with Crippen molar-refractivity contribution in [3.63, 3.8) is 0 Å². The van der Waals surface area contributed by atoms with Gasteiger partial charge in [-0.2, -0.15) is 4.31 Å². The molecular weight excluding hydrogens is 537 g/mol. The number of amides is 1. The number of carbonyl (C=O) groups excluding carboxylic acids is 1. The van der Waals surface area contributed by atoms with Crippen molar-refractivity contribution in [3.8, 4) is 0 Å².